The van der Waals surface area contributed by atoms with Gasteiger partial charge in [0.05, 0.1) is 21.9 Å². The monoisotopic (exact) mass is 464 g/mol. The van der Waals surface area contributed by atoms with E-state index in [1.54, 1.807) is 11.3 Å². The normalized spacial score (nSPS) is 12.0. The Morgan fingerprint density at radius 1 is 1.15 bits per heavy atom. The van der Waals surface area contributed by atoms with Gasteiger partial charge in [0.1, 0.15) is 11.3 Å². The van der Waals surface area contributed by atoms with Gasteiger partial charge in [-0.15, -0.1) is 11.3 Å². The summed E-state index contributed by atoms with van der Waals surface area (Å²) < 4.78 is 3.54. The van der Waals surface area contributed by atoms with E-state index in [-0.39, 0.29) is 0 Å². The van der Waals surface area contributed by atoms with Crippen molar-refractivity contribution in [1.29, 1.82) is 0 Å². The molecular weight excluding hydrogens is 432 g/mol. The first-order chi connectivity index (χ1) is 15.7. The maximum atomic E-state index is 11.7. The first-order valence-corrected chi connectivity index (χ1v) is 12.3. The largest absolute Gasteiger partial charge is 0.465 e. The lowest BCUT2D eigenvalue weighted by Gasteiger charge is -2.33. The number of pyridine rings is 1. The molecule has 4 aromatic rings. The molecule has 4 rings (SSSR count). The SMILES string of the molecule is CCCCc1nc2cnc3cc(C)sc3c2n1Cc1ccc(CN(C(=O)O)C(C)(C)C)cc1. The van der Waals surface area contributed by atoms with Gasteiger partial charge < -0.3 is 9.67 Å². The molecule has 0 aliphatic carbocycles. The van der Waals surface area contributed by atoms with Crippen LogP contribution in [0.1, 0.15) is 62.4 Å². The zero-order valence-electron chi connectivity index (χ0n) is 20.1. The lowest BCUT2D eigenvalue weighted by atomic mass is 10.0. The van der Waals surface area contributed by atoms with Crippen molar-refractivity contribution in [2.75, 3.05) is 0 Å². The Morgan fingerprint density at radius 3 is 2.48 bits per heavy atom. The van der Waals surface area contributed by atoms with Gasteiger partial charge in [-0.05, 0) is 51.3 Å². The molecule has 0 bridgehead atoms. The van der Waals surface area contributed by atoms with Gasteiger partial charge in [-0.2, -0.15) is 0 Å². The van der Waals surface area contributed by atoms with Gasteiger partial charge in [0.2, 0.25) is 0 Å². The van der Waals surface area contributed by atoms with E-state index in [0.29, 0.717) is 6.54 Å². The molecule has 0 aliphatic rings. The van der Waals surface area contributed by atoms with Crippen LogP contribution in [0.2, 0.25) is 0 Å². The number of aromatic nitrogens is 3. The van der Waals surface area contributed by atoms with Crippen LogP contribution in [0.5, 0.6) is 0 Å². The van der Waals surface area contributed by atoms with E-state index in [1.165, 1.54) is 20.0 Å². The van der Waals surface area contributed by atoms with Crippen LogP contribution in [-0.4, -0.2) is 36.2 Å². The second kappa shape index (κ2) is 9.14. The third-order valence-corrected chi connectivity index (χ3v) is 7.00. The van der Waals surface area contributed by atoms with Crippen LogP contribution in [0.4, 0.5) is 4.79 Å². The third kappa shape index (κ3) is 4.88. The summed E-state index contributed by atoms with van der Waals surface area (Å²) in [5.74, 6) is 1.10. The fraction of sp³-hybridized carbons (Fsp3) is 0.423. The Labute approximate surface area is 198 Å². The zero-order valence-corrected chi connectivity index (χ0v) is 20.9. The lowest BCUT2D eigenvalue weighted by molar-refractivity contribution is 0.0955. The minimum Gasteiger partial charge on any atom is -0.465 e. The molecule has 1 amide bonds. The highest BCUT2D eigenvalue weighted by atomic mass is 32.1. The summed E-state index contributed by atoms with van der Waals surface area (Å²) in [6.45, 7) is 11.2. The second-order valence-electron chi connectivity index (χ2n) is 9.64. The van der Waals surface area contributed by atoms with Gasteiger partial charge in [-0.1, -0.05) is 37.6 Å². The van der Waals surface area contributed by atoms with Gasteiger partial charge in [-0.3, -0.25) is 9.88 Å². The van der Waals surface area contributed by atoms with E-state index in [4.69, 9.17) is 4.98 Å². The molecule has 0 spiro atoms. The Hall–Kier alpha value is -2.93. The number of carboxylic acid groups (broad SMARTS) is 1. The molecule has 0 aliphatic heterocycles. The lowest BCUT2D eigenvalue weighted by Crippen LogP contribution is -2.44. The number of thiophene rings is 1. The van der Waals surface area contributed by atoms with Crippen molar-refractivity contribution < 1.29 is 9.90 Å². The predicted molar refractivity (Wildman–Crippen MR) is 135 cm³/mol. The van der Waals surface area contributed by atoms with Crippen molar-refractivity contribution >= 4 is 38.7 Å². The molecule has 0 atom stereocenters. The van der Waals surface area contributed by atoms with Crippen LogP contribution in [-0.2, 0) is 19.5 Å². The number of benzene rings is 1. The van der Waals surface area contributed by atoms with Gasteiger partial charge in [0, 0.05) is 29.9 Å². The summed E-state index contributed by atoms with van der Waals surface area (Å²) in [6.07, 6.45) is 4.15. The van der Waals surface area contributed by atoms with E-state index < -0.39 is 11.6 Å². The van der Waals surface area contributed by atoms with Gasteiger partial charge in [0.15, 0.2) is 0 Å². The molecule has 0 fully saturated rings. The fourth-order valence-corrected chi connectivity index (χ4v) is 5.17. The Bertz CT molecular complexity index is 1280. The number of imidazole rings is 1. The summed E-state index contributed by atoms with van der Waals surface area (Å²) in [5, 5.41) is 9.60. The molecular formula is C26H32N4O2S. The van der Waals surface area contributed by atoms with Gasteiger partial charge in [-0.25, -0.2) is 9.78 Å². The quantitative estimate of drug-likeness (QED) is 0.333. The van der Waals surface area contributed by atoms with E-state index in [1.807, 2.05) is 39.1 Å². The first kappa shape index (κ1) is 23.2. The Balaban J connectivity index is 1.68. The van der Waals surface area contributed by atoms with Crippen molar-refractivity contribution in [2.24, 2.45) is 0 Å². The van der Waals surface area contributed by atoms with Crippen LogP contribution in [0.25, 0.3) is 21.3 Å². The Kier molecular flexibility index (Phi) is 6.43. The molecule has 3 heterocycles. The number of hydrogen-bond donors (Lipinski definition) is 1. The molecule has 0 radical (unpaired) electrons. The molecule has 0 saturated heterocycles. The number of fused-ring (bicyclic) bond motifs is 3. The highest BCUT2D eigenvalue weighted by molar-refractivity contribution is 7.19. The van der Waals surface area contributed by atoms with Crippen molar-refractivity contribution in [3.05, 3.63) is 58.4 Å². The van der Waals surface area contributed by atoms with Crippen LogP contribution in [0.15, 0.2) is 36.5 Å². The van der Waals surface area contributed by atoms with Crippen LogP contribution >= 0.6 is 11.3 Å². The highest BCUT2D eigenvalue weighted by Crippen LogP contribution is 2.32. The second-order valence-corrected chi connectivity index (χ2v) is 10.9. The van der Waals surface area contributed by atoms with Crippen molar-refractivity contribution in [1.82, 2.24) is 19.4 Å². The molecule has 174 valence electrons. The molecule has 0 unspecified atom stereocenters. The highest BCUT2D eigenvalue weighted by Gasteiger charge is 2.26. The predicted octanol–water partition coefficient (Wildman–Crippen LogP) is 6.62. The standard InChI is InChI=1S/C26H32N4O2S/c1-6-7-8-22-28-21-14-27-20-13-17(2)33-24(20)23(21)29(22)15-18-9-11-19(12-10-18)16-30(25(31)32)26(3,4)5/h9-14H,6-8,15-16H2,1-5H3,(H,31,32). The van der Waals surface area contributed by atoms with Gasteiger partial charge in [0.25, 0.3) is 0 Å². The molecule has 7 heteroatoms. The number of rotatable bonds is 7. The van der Waals surface area contributed by atoms with Crippen molar-refractivity contribution in [3.8, 4) is 0 Å². The number of aryl methyl sites for hydroxylation is 2. The summed E-state index contributed by atoms with van der Waals surface area (Å²) >= 11 is 1.77. The fourth-order valence-electron chi connectivity index (χ4n) is 4.15. The topological polar surface area (TPSA) is 71.2 Å². The number of carbonyl (C=O) groups is 1. The molecule has 1 aromatic carbocycles. The minimum atomic E-state index is -0.902. The minimum absolute atomic E-state index is 0.371. The zero-order chi connectivity index (χ0) is 23.8. The number of nitrogens with zero attached hydrogens (tertiary/aromatic N) is 4. The van der Waals surface area contributed by atoms with Gasteiger partial charge >= 0.3 is 6.09 Å². The molecule has 3 aromatic heterocycles. The maximum Gasteiger partial charge on any atom is 0.408 e. The smallest absolute Gasteiger partial charge is 0.408 e. The average Bonchev–Trinajstić information content (AvgIpc) is 3.29. The number of amides is 1. The molecule has 6 nitrogen and oxygen atoms in total. The first-order valence-electron chi connectivity index (χ1n) is 11.5. The average molecular weight is 465 g/mol. The van der Waals surface area contributed by atoms with Crippen LogP contribution in [0.3, 0.4) is 0 Å². The van der Waals surface area contributed by atoms with Crippen LogP contribution < -0.4 is 0 Å². The third-order valence-electron chi connectivity index (χ3n) is 5.95. The van der Waals surface area contributed by atoms with E-state index in [2.05, 4.69) is 41.6 Å². The number of unbranched alkanes of at least 4 members (excludes halogenated alkanes) is 1. The van der Waals surface area contributed by atoms with E-state index in [0.717, 1.165) is 53.7 Å². The van der Waals surface area contributed by atoms with E-state index >= 15 is 0 Å². The summed E-state index contributed by atoms with van der Waals surface area (Å²) in [7, 11) is 0. The molecule has 1 N–H and O–H groups in total. The number of hydrogen-bond acceptors (Lipinski definition) is 4. The summed E-state index contributed by atoms with van der Waals surface area (Å²) in [6, 6.07) is 10.4. The molecule has 0 saturated carbocycles. The Morgan fingerprint density at radius 2 is 1.85 bits per heavy atom. The van der Waals surface area contributed by atoms with E-state index in [9.17, 15) is 9.90 Å². The summed E-state index contributed by atoms with van der Waals surface area (Å²) in [5.41, 5.74) is 4.85. The van der Waals surface area contributed by atoms with Crippen molar-refractivity contribution in [3.63, 3.8) is 0 Å². The maximum absolute atomic E-state index is 11.7. The van der Waals surface area contributed by atoms with Crippen molar-refractivity contribution in [2.45, 2.75) is 72.5 Å². The van der Waals surface area contributed by atoms with Crippen LogP contribution in [0, 0.1) is 6.92 Å². The molecule has 33 heavy (non-hydrogen) atoms. The summed E-state index contributed by atoms with van der Waals surface area (Å²) in [4.78, 5) is 24.0.